The van der Waals surface area contributed by atoms with Crippen molar-refractivity contribution >= 4 is 11.8 Å². The van der Waals surface area contributed by atoms with Gasteiger partial charge in [-0.15, -0.1) is 0 Å². The van der Waals surface area contributed by atoms with Gasteiger partial charge in [-0.1, -0.05) is 18.2 Å². The molecule has 5 heteroatoms. The molecule has 2 N–H and O–H groups in total. The van der Waals surface area contributed by atoms with Gasteiger partial charge < -0.3 is 4.90 Å². The van der Waals surface area contributed by atoms with E-state index in [4.69, 9.17) is 5.21 Å². The number of amides is 2. The summed E-state index contributed by atoms with van der Waals surface area (Å²) < 4.78 is 0. The highest BCUT2D eigenvalue weighted by molar-refractivity contribution is 5.97. The third kappa shape index (κ3) is 2.29. The molecule has 17 heavy (non-hydrogen) atoms. The van der Waals surface area contributed by atoms with Crippen LogP contribution in [-0.2, 0) is 4.79 Å². The maximum absolute atomic E-state index is 12.1. The molecule has 1 aliphatic rings. The second kappa shape index (κ2) is 4.97. The minimum Gasteiger partial charge on any atom is -0.327 e. The highest BCUT2D eigenvalue weighted by atomic mass is 16.5. The van der Waals surface area contributed by atoms with E-state index in [0.717, 1.165) is 6.42 Å². The van der Waals surface area contributed by atoms with Crippen LogP contribution in [0.3, 0.4) is 0 Å². The summed E-state index contributed by atoms with van der Waals surface area (Å²) in [6.45, 7) is 0.547. The largest absolute Gasteiger partial charge is 0.327 e. The van der Waals surface area contributed by atoms with Crippen LogP contribution in [0.25, 0.3) is 0 Å². The number of nitrogens with zero attached hydrogens (tertiary/aromatic N) is 1. The highest BCUT2D eigenvalue weighted by Gasteiger charge is 2.34. The lowest BCUT2D eigenvalue weighted by Gasteiger charge is -2.22. The zero-order valence-corrected chi connectivity index (χ0v) is 9.30. The summed E-state index contributed by atoms with van der Waals surface area (Å²) in [5.41, 5.74) is 2.17. The first kappa shape index (κ1) is 11.6. The Hall–Kier alpha value is -1.88. The Morgan fingerprint density at radius 1 is 1.29 bits per heavy atom. The summed E-state index contributed by atoms with van der Waals surface area (Å²) >= 11 is 0. The van der Waals surface area contributed by atoms with Gasteiger partial charge in [-0.3, -0.25) is 14.8 Å². The second-order valence-electron chi connectivity index (χ2n) is 4.00. The molecule has 0 aliphatic carbocycles. The van der Waals surface area contributed by atoms with Gasteiger partial charge in [-0.2, -0.15) is 0 Å². The van der Waals surface area contributed by atoms with Crippen LogP contribution in [-0.4, -0.2) is 34.5 Å². The SMILES string of the molecule is O=C(NO)C1CCCN1C(=O)c1ccccc1. The minimum absolute atomic E-state index is 0.170. The van der Waals surface area contributed by atoms with E-state index in [0.29, 0.717) is 18.5 Å². The van der Waals surface area contributed by atoms with E-state index in [1.165, 1.54) is 4.90 Å². The van der Waals surface area contributed by atoms with E-state index < -0.39 is 11.9 Å². The predicted octanol–water partition coefficient (Wildman–Crippen LogP) is 0.797. The lowest BCUT2D eigenvalue weighted by molar-refractivity contribution is -0.133. The van der Waals surface area contributed by atoms with Crippen LogP contribution in [0.5, 0.6) is 0 Å². The van der Waals surface area contributed by atoms with Crippen molar-refractivity contribution in [2.45, 2.75) is 18.9 Å². The molecule has 5 nitrogen and oxygen atoms in total. The first-order chi connectivity index (χ1) is 8.24. The minimum atomic E-state index is -0.562. The molecule has 90 valence electrons. The standard InChI is InChI=1S/C12H14N2O3/c15-11(13-17)10-7-4-8-14(10)12(16)9-5-2-1-3-6-9/h1-3,5-6,10,17H,4,7-8H2,(H,13,15). The van der Waals surface area contributed by atoms with Crippen molar-refractivity contribution < 1.29 is 14.8 Å². The number of hydrogen-bond donors (Lipinski definition) is 2. The fourth-order valence-electron chi connectivity index (χ4n) is 2.10. The number of carbonyl (C=O) groups is 2. The molecule has 1 atom stereocenters. The highest BCUT2D eigenvalue weighted by Crippen LogP contribution is 2.20. The lowest BCUT2D eigenvalue weighted by atomic mass is 10.1. The summed E-state index contributed by atoms with van der Waals surface area (Å²) in [4.78, 5) is 25.0. The third-order valence-electron chi connectivity index (χ3n) is 2.95. The van der Waals surface area contributed by atoms with E-state index in [-0.39, 0.29) is 5.91 Å². The van der Waals surface area contributed by atoms with Gasteiger partial charge in [0.2, 0.25) is 0 Å². The van der Waals surface area contributed by atoms with Crippen LogP contribution in [0.2, 0.25) is 0 Å². The maximum Gasteiger partial charge on any atom is 0.266 e. The number of rotatable bonds is 2. The number of likely N-dealkylation sites (tertiary alicyclic amines) is 1. The quantitative estimate of drug-likeness (QED) is 0.587. The number of nitrogens with one attached hydrogen (secondary N) is 1. The van der Waals surface area contributed by atoms with E-state index >= 15 is 0 Å². The average Bonchev–Trinajstić information content (AvgIpc) is 2.87. The van der Waals surface area contributed by atoms with Gasteiger partial charge in [-0.05, 0) is 25.0 Å². The van der Waals surface area contributed by atoms with Crippen LogP contribution >= 0.6 is 0 Å². The first-order valence-corrected chi connectivity index (χ1v) is 5.54. The Balaban J connectivity index is 2.17. The molecule has 1 aromatic carbocycles. The molecule has 1 unspecified atom stereocenters. The van der Waals surface area contributed by atoms with Gasteiger partial charge in [0, 0.05) is 12.1 Å². The smallest absolute Gasteiger partial charge is 0.266 e. The Morgan fingerprint density at radius 3 is 2.65 bits per heavy atom. The van der Waals surface area contributed by atoms with Gasteiger partial charge >= 0.3 is 0 Å². The van der Waals surface area contributed by atoms with Crippen molar-refractivity contribution in [1.82, 2.24) is 10.4 Å². The van der Waals surface area contributed by atoms with Gasteiger partial charge in [-0.25, -0.2) is 5.48 Å². The van der Waals surface area contributed by atoms with Gasteiger partial charge in [0.25, 0.3) is 11.8 Å². The molecular weight excluding hydrogens is 220 g/mol. The molecule has 2 amide bonds. The molecule has 1 aromatic rings. The first-order valence-electron chi connectivity index (χ1n) is 5.54. The van der Waals surface area contributed by atoms with E-state index in [2.05, 4.69) is 0 Å². The van der Waals surface area contributed by atoms with Gasteiger partial charge in [0.15, 0.2) is 0 Å². The van der Waals surface area contributed by atoms with Crippen LogP contribution in [0, 0.1) is 0 Å². The number of hydrogen-bond acceptors (Lipinski definition) is 3. The zero-order chi connectivity index (χ0) is 12.3. The lowest BCUT2D eigenvalue weighted by Crippen LogP contribution is -2.45. The van der Waals surface area contributed by atoms with E-state index in [1.54, 1.807) is 29.7 Å². The third-order valence-corrected chi connectivity index (χ3v) is 2.95. The van der Waals surface area contributed by atoms with E-state index in [1.807, 2.05) is 6.07 Å². The van der Waals surface area contributed by atoms with Crippen LogP contribution < -0.4 is 5.48 Å². The fraction of sp³-hybridized carbons (Fsp3) is 0.333. The van der Waals surface area contributed by atoms with Crippen LogP contribution in [0.15, 0.2) is 30.3 Å². The molecule has 2 rings (SSSR count). The number of carbonyl (C=O) groups excluding carboxylic acids is 2. The molecule has 0 saturated carbocycles. The molecule has 1 fully saturated rings. The van der Waals surface area contributed by atoms with Gasteiger partial charge in [0.05, 0.1) is 0 Å². The molecule has 0 aromatic heterocycles. The Morgan fingerprint density at radius 2 is 2.00 bits per heavy atom. The van der Waals surface area contributed by atoms with Gasteiger partial charge in [0.1, 0.15) is 6.04 Å². The maximum atomic E-state index is 12.1. The summed E-state index contributed by atoms with van der Waals surface area (Å²) in [7, 11) is 0. The molecule has 0 spiro atoms. The molecule has 1 heterocycles. The predicted molar refractivity (Wildman–Crippen MR) is 60.4 cm³/mol. The molecular formula is C12H14N2O3. The van der Waals surface area contributed by atoms with Crippen molar-refractivity contribution in [3.05, 3.63) is 35.9 Å². The Labute approximate surface area is 99.0 Å². The number of benzene rings is 1. The van der Waals surface area contributed by atoms with Crippen LogP contribution in [0.1, 0.15) is 23.2 Å². The normalized spacial score (nSPS) is 19.1. The van der Waals surface area contributed by atoms with E-state index in [9.17, 15) is 9.59 Å². The van der Waals surface area contributed by atoms with Crippen molar-refractivity contribution in [1.29, 1.82) is 0 Å². The van der Waals surface area contributed by atoms with Crippen molar-refractivity contribution in [3.63, 3.8) is 0 Å². The monoisotopic (exact) mass is 234 g/mol. The molecule has 1 aliphatic heterocycles. The Bertz CT molecular complexity index is 419. The summed E-state index contributed by atoms with van der Waals surface area (Å²) in [6, 6.07) is 8.27. The van der Waals surface area contributed by atoms with Crippen LogP contribution in [0.4, 0.5) is 0 Å². The van der Waals surface area contributed by atoms with Crippen molar-refractivity contribution in [2.75, 3.05) is 6.54 Å². The van der Waals surface area contributed by atoms with Crippen molar-refractivity contribution in [2.24, 2.45) is 0 Å². The zero-order valence-electron chi connectivity index (χ0n) is 9.30. The summed E-state index contributed by atoms with van der Waals surface area (Å²) in [6.07, 6.45) is 1.36. The average molecular weight is 234 g/mol. The molecule has 1 saturated heterocycles. The summed E-state index contributed by atoms with van der Waals surface area (Å²) in [5, 5.41) is 8.63. The second-order valence-corrected chi connectivity index (χ2v) is 4.00. The molecule has 0 bridgehead atoms. The topological polar surface area (TPSA) is 69.6 Å². The fourth-order valence-corrected chi connectivity index (χ4v) is 2.10. The van der Waals surface area contributed by atoms with Crippen molar-refractivity contribution in [3.8, 4) is 0 Å². The summed E-state index contributed by atoms with van der Waals surface area (Å²) in [5.74, 6) is -0.691. The Kier molecular flexibility index (Phi) is 3.39. The molecule has 0 radical (unpaired) electrons. The number of hydroxylamine groups is 1.